The van der Waals surface area contributed by atoms with Crippen molar-refractivity contribution >= 4 is 12.1 Å². The second-order valence-electron chi connectivity index (χ2n) is 8.21. The lowest BCUT2D eigenvalue weighted by atomic mass is 9.81. The number of aliphatic carboxylic acids is 1. The quantitative estimate of drug-likeness (QED) is 0.864. The average molecular weight is 393 g/mol. The molecule has 1 unspecified atom stereocenters. The van der Waals surface area contributed by atoms with Crippen LogP contribution in [0.3, 0.4) is 0 Å². The standard InChI is InChI=1S/C23H23NO5/c25-21(26)15-9-10-23(13-28-14-23)24(11-15)22(27)29-12-20-18-7-3-1-5-16(18)17-6-2-4-8-19(17)20/h1-8,15,20H,9-14H2,(H,25,26). The molecule has 6 heteroatoms. The molecule has 1 amide bonds. The van der Waals surface area contributed by atoms with Crippen LogP contribution in [-0.4, -0.2) is 54.0 Å². The van der Waals surface area contributed by atoms with Crippen LogP contribution < -0.4 is 0 Å². The van der Waals surface area contributed by atoms with Crippen molar-refractivity contribution in [3.05, 3.63) is 59.7 Å². The Bertz CT molecular complexity index is 922. The molecule has 2 saturated heterocycles. The van der Waals surface area contributed by atoms with E-state index >= 15 is 0 Å². The van der Waals surface area contributed by atoms with E-state index in [1.54, 1.807) is 4.90 Å². The summed E-state index contributed by atoms with van der Waals surface area (Å²) >= 11 is 0. The Morgan fingerprint density at radius 2 is 1.69 bits per heavy atom. The van der Waals surface area contributed by atoms with Crippen LogP contribution >= 0.6 is 0 Å². The Morgan fingerprint density at radius 3 is 2.24 bits per heavy atom. The number of rotatable bonds is 3. The summed E-state index contributed by atoms with van der Waals surface area (Å²) in [5, 5.41) is 9.41. The summed E-state index contributed by atoms with van der Waals surface area (Å²) in [6.45, 7) is 1.31. The van der Waals surface area contributed by atoms with Crippen LogP contribution in [0.4, 0.5) is 4.79 Å². The van der Waals surface area contributed by atoms with Crippen molar-refractivity contribution in [3.8, 4) is 11.1 Å². The van der Waals surface area contributed by atoms with Crippen LogP contribution in [0.15, 0.2) is 48.5 Å². The zero-order valence-electron chi connectivity index (χ0n) is 16.0. The molecular weight excluding hydrogens is 370 g/mol. The minimum atomic E-state index is -0.864. The molecule has 0 saturated carbocycles. The fourth-order valence-electron chi connectivity index (χ4n) is 4.86. The molecule has 29 heavy (non-hydrogen) atoms. The lowest BCUT2D eigenvalue weighted by molar-refractivity contribution is -0.165. The number of hydrogen-bond acceptors (Lipinski definition) is 4. The van der Waals surface area contributed by atoms with Gasteiger partial charge in [-0.15, -0.1) is 0 Å². The summed E-state index contributed by atoms with van der Waals surface area (Å²) in [4.78, 5) is 26.1. The minimum Gasteiger partial charge on any atom is -0.481 e. The van der Waals surface area contributed by atoms with Crippen molar-refractivity contribution < 1.29 is 24.2 Å². The molecule has 1 atom stereocenters. The first kappa shape index (κ1) is 18.2. The molecule has 2 aliphatic heterocycles. The molecule has 2 aromatic carbocycles. The maximum absolute atomic E-state index is 13.0. The Morgan fingerprint density at radius 1 is 1.07 bits per heavy atom. The van der Waals surface area contributed by atoms with Crippen LogP contribution in [0.1, 0.15) is 29.9 Å². The van der Waals surface area contributed by atoms with Crippen molar-refractivity contribution in [2.45, 2.75) is 24.3 Å². The van der Waals surface area contributed by atoms with Gasteiger partial charge in [-0.2, -0.15) is 0 Å². The largest absolute Gasteiger partial charge is 0.481 e. The number of carboxylic acid groups (broad SMARTS) is 1. The topological polar surface area (TPSA) is 76.1 Å². The molecule has 3 aliphatic rings. The van der Waals surface area contributed by atoms with Gasteiger partial charge in [-0.1, -0.05) is 48.5 Å². The third kappa shape index (κ3) is 2.90. The molecule has 0 aromatic heterocycles. The number of amides is 1. The molecule has 150 valence electrons. The van der Waals surface area contributed by atoms with Gasteiger partial charge in [0.1, 0.15) is 6.61 Å². The van der Waals surface area contributed by atoms with Gasteiger partial charge in [0.25, 0.3) is 0 Å². The number of piperidine rings is 1. The SMILES string of the molecule is O=C(O)C1CCC2(COC2)N(C(=O)OCC2c3ccccc3-c3ccccc32)C1. The highest BCUT2D eigenvalue weighted by molar-refractivity contribution is 5.79. The van der Waals surface area contributed by atoms with Gasteiger partial charge in [-0.25, -0.2) is 4.79 Å². The van der Waals surface area contributed by atoms with E-state index in [9.17, 15) is 14.7 Å². The highest BCUT2D eigenvalue weighted by Gasteiger charge is 2.51. The number of carboxylic acids is 1. The minimum absolute atomic E-state index is 0.0139. The Hall–Kier alpha value is -2.86. The molecular formula is C23H23NO5. The van der Waals surface area contributed by atoms with Crippen molar-refractivity contribution in [1.82, 2.24) is 4.90 Å². The van der Waals surface area contributed by atoms with Crippen molar-refractivity contribution in [1.29, 1.82) is 0 Å². The Labute approximate surface area is 169 Å². The van der Waals surface area contributed by atoms with Gasteiger partial charge in [0.2, 0.25) is 0 Å². The molecule has 0 radical (unpaired) electrons. The summed E-state index contributed by atoms with van der Waals surface area (Å²) in [6.07, 6.45) is 0.751. The fraction of sp³-hybridized carbons (Fsp3) is 0.391. The van der Waals surface area contributed by atoms with Crippen LogP contribution in [0, 0.1) is 5.92 Å². The molecule has 1 aliphatic carbocycles. The maximum Gasteiger partial charge on any atom is 0.410 e. The van der Waals surface area contributed by atoms with Gasteiger partial charge in [0.05, 0.1) is 24.7 Å². The molecule has 1 N–H and O–H groups in total. The van der Waals surface area contributed by atoms with E-state index in [2.05, 4.69) is 24.3 Å². The van der Waals surface area contributed by atoms with Crippen LogP contribution in [0.2, 0.25) is 0 Å². The van der Waals surface area contributed by atoms with Gasteiger partial charge in [0.15, 0.2) is 0 Å². The second kappa shape index (κ2) is 6.88. The van der Waals surface area contributed by atoms with E-state index in [1.807, 2.05) is 24.3 Å². The molecule has 2 heterocycles. The normalized spacial score (nSPS) is 21.9. The molecule has 0 bridgehead atoms. The number of nitrogens with zero attached hydrogens (tertiary/aromatic N) is 1. The van der Waals surface area contributed by atoms with E-state index in [4.69, 9.17) is 9.47 Å². The number of ether oxygens (including phenoxy) is 2. The number of likely N-dealkylation sites (tertiary alicyclic amines) is 1. The third-order valence-electron chi connectivity index (χ3n) is 6.58. The van der Waals surface area contributed by atoms with Crippen LogP contribution in [-0.2, 0) is 14.3 Å². The van der Waals surface area contributed by atoms with E-state index in [-0.39, 0.29) is 19.1 Å². The van der Waals surface area contributed by atoms with Gasteiger partial charge < -0.3 is 14.6 Å². The van der Waals surface area contributed by atoms with E-state index in [0.717, 1.165) is 11.1 Å². The van der Waals surface area contributed by atoms with E-state index < -0.39 is 23.5 Å². The third-order valence-corrected chi connectivity index (χ3v) is 6.58. The number of carbonyl (C=O) groups excluding carboxylic acids is 1. The summed E-state index contributed by atoms with van der Waals surface area (Å²) in [6, 6.07) is 16.4. The fourth-order valence-corrected chi connectivity index (χ4v) is 4.86. The first-order valence-corrected chi connectivity index (χ1v) is 10.0. The number of fused-ring (bicyclic) bond motifs is 3. The zero-order chi connectivity index (χ0) is 20.0. The van der Waals surface area contributed by atoms with Crippen LogP contribution in [0.5, 0.6) is 0 Å². The molecule has 1 spiro atoms. The summed E-state index contributed by atoms with van der Waals surface area (Å²) in [5.41, 5.74) is 4.26. The second-order valence-corrected chi connectivity index (χ2v) is 8.21. The van der Waals surface area contributed by atoms with Gasteiger partial charge in [-0.05, 0) is 35.1 Å². The molecule has 2 aromatic rings. The summed E-state index contributed by atoms with van der Waals surface area (Å²) in [5.74, 6) is -1.43. The predicted molar refractivity (Wildman–Crippen MR) is 106 cm³/mol. The lowest BCUT2D eigenvalue weighted by Crippen LogP contribution is -2.67. The van der Waals surface area contributed by atoms with E-state index in [0.29, 0.717) is 26.1 Å². The number of benzene rings is 2. The number of hydrogen-bond donors (Lipinski definition) is 1. The highest BCUT2D eigenvalue weighted by Crippen LogP contribution is 2.45. The Balaban J connectivity index is 1.36. The van der Waals surface area contributed by atoms with Gasteiger partial charge >= 0.3 is 12.1 Å². The first-order chi connectivity index (χ1) is 14.1. The van der Waals surface area contributed by atoms with Crippen molar-refractivity contribution in [3.63, 3.8) is 0 Å². The van der Waals surface area contributed by atoms with Crippen molar-refractivity contribution in [2.24, 2.45) is 5.92 Å². The predicted octanol–water partition coefficient (Wildman–Crippen LogP) is 3.50. The average Bonchev–Trinajstić information content (AvgIpc) is 3.04. The highest BCUT2D eigenvalue weighted by atomic mass is 16.6. The number of carbonyl (C=O) groups is 2. The summed E-state index contributed by atoms with van der Waals surface area (Å²) in [7, 11) is 0. The van der Waals surface area contributed by atoms with Crippen LogP contribution in [0.25, 0.3) is 11.1 Å². The Kier molecular flexibility index (Phi) is 4.32. The van der Waals surface area contributed by atoms with Gasteiger partial charge in [0, 0.05) is 12.5 Å². The summed E-state index contributed by atoms with van der Waals surface area (Å²) < 4.78 is 11.1. The lowest BCUT2D eigenvalue weighted by Gasteiger charge is -2.52. The van der Waals surface area contributed by atoms with E-state index in [1.165, 1.54) is 11.1 Å². The maximum atomic E-state index is 13.0. The monoisotopic (exact) mass is 393 g/mol. The smallest absolute Gasteiger partial charge is 0.410 e. The molecule has 6 nitrogen and oxygen atoms in total. The van der Waals surface area contributed by atoms with Crippen molar-refractivity contribution in [2.75, 3.05) is 26.4 Å². The zero-order valence-corrected chi connectivity index (χ0v) is 16.0. The first-order valence-electron chi connectivity index (χ1n) is 10.0. The van der Waals surface area contributed by atoms with Gasteiger partial charge in [-0.3, -0.25) is 9.69 Å². The molecule has 5 rings (SSSR count). The molecule has 2 fully saturated rings.